The molecule has 2 amide bonds. The van der Waals surface area contributed by atoms with E-state index in [0.717, 1.165) is 13.0 Å². The number of nitrogens with one attached hydrogen (secondary N) is 2. The first kappa shape index (κ1) is 16.3. The molecule has 1 aliphatic heterocycles. The van der Waals surface area contributed by atoms with Crippen LogP contribution in [0.1, 0.15) is 24.2 Å². The summed E-state index contributed by atoms with van der Waals surface area (Å²) in [7, 11) is 3.57. The normalized spacial score (nSPS) is 20.8. The van der Waals surface area contributed by atoms with Gasteiger partial charge in [0.1, 0.15) is 5.75 Å². The molecule has 1 aromatic carbocycles. The molecular formula is C16H21N5O3. The second-order valence-electron chi connectivity index (χ2n) is 5.90. The van der Waals surface area contributed by atoms with Gasteiger partial charge >= 0.3 is 6.03 Å². The number of amides is 2. The fourth-order valence-corrected chi connectivity index (χ4v) is 2.89. The number of urea groups is 1. The predicted octanol–water partition coefficient (Wildman–Crippen LogP) is 1.95. The molecular weight excluding hydrogens is 310 g/mol. The molecule has 0 saturated carbocycles. The number of ether oxygens (including phenoxy) is 1. The number of likely N-dealkylation sites (tertiary alicyclic amines) is 1. The summed E-state index contributed by atoms with van der Waals surface area (Å²) in [6.07, 6.45) is 0.726. The number of methoxy groups -OCH3 is 1. The van der Waals surface area contributed by atoms with Crippen molar-refractivity contribution in [2.75, 3.05) is 26.0 Å². The molecule has 0 unspecified atom stereocenters. The number of aromatic nitrogens is 2. The maximum absolute atomic E-state index is 12.2. The second kappa shape index (κ2) is 6.88. The number of carbonyl (C=O) groups excluding carboxylic acids is 1. The van der Waals surface area contributed by atoms with E-state index in [0.29, 0.717) is 23.2 Å². The largest absolute Gasteiger partial charge is 0.497 e. The first-order chi connectivity index (χ1) is 11.5. The number of hydrogen-bond donors (Lipinski definition) is 2. The quantitative estimate of drug-likeness (QED) is 0.889. The topological polar surface area (TPSA) is 92.5 Å². The van der Waals surface area contributed by atoms with Crippen molar-refractivity contribution >= 4 is 11.7 Å². The molecule has 128 valence electrons. The van der Waals surface area contributed by atoms with Crippen LogP contribution in [0.25, 0.3) is 0 Å². The van der Waals surface area contributed by atoms with Gasteiger partial charge in [0.15, 0.2) is 5.82 Å². The van der Waals surface area contributed by atoms with Gasteiger partial charge in [0.2, 0.25) is 5.89 Å². The highest BCUT2D eigenvalue weighted by molar-refractivity contribution is 5.89. The number of aryl methyl sites for hydroxylation is 1. The minimum absolute atomic E-state index is 0.0119. The molecule has 8 heteroatoms. The number of anilines is 1. The number of carbonyl (C=O) groups is 1. The van der Waals surface area contributed by atoms with E-state index < -0.39 is 0 Å². The molecule has 2 heterocycles. The van der Waals surface area contributed by atoms with Gasteiger partial charge < -0.3 is 19.9 Å². The Balaban J connectivity index is 1.57. The van der Waals surface area contributed by atoms with Crippen LogP contribution in [-0.4, -0.2) is 47.8 Å². The van der Waals surface area contributed by atoms with Crippen molar-refractivity contribution in [1.82, 2.24) is 20.4 Å². The van der Waals surface area contributed by atoms with Crippen LogP contribution in [0, 0.1) is 6.92 Å². The minimum atomic E-state index is -0.246. The van der Waals surface area contributed by atoms with Gasteiger partial charge in [-0.3, -0.25) is 4.90 Å². The Morgan fingerprint density at radius 3 is 3.00 bits per heavy atom. The average molecular weight is 331 g/mol. The summed E-state index contributed by atoms with van der Waals surface area (Å²) >= 11 is 0. The Labute approximate surface area is 140 Å². The van der Waals surface area contributed by atoms with Crippen LogP contribution in [0.2, 0.25) is 0 Å². The van der Waals surface area contributed by atoms with E-state index in [1.54, 1.807) is 20.1 Å². The van der Waals surface area contributed by atoms with Crippen LogP contribution in [0.5, 0.6) is 5.75 Å². The Morgan fingerprint density at radius 1 is 1.46 bits per heavy atom. The van der Waals surface area contributed by atoms with Gasteiger partial charge in [-0.1, -0.05) is 11.2 Å². The SMILES string of the molecule is COc1cccc(NC(=O)N[C@H]2C[C@@H](c3nc(C)no3)N(C)C2)c1. The van der Waals surface area contributed by atoms with Gasteiger partial charge in [-0.2, -0.15) is 4.98 Å². The van der Waals surface area contributed by atoms with E-state index in [4.69, 9.17) is 9.26 Å². The van der Waals surface area contributed by atoms with E-state index >= 15 is 0 Å². The van der Waals surface area contributed by atoms with E-state index in [1.807, 2.05) is 25.2 Å². The molecule has 1 aliphatic rings. The minimum Gasteiger partial charge on any atom is -0.497 e. The smallest absolute Gasteiger partial charge is 0.319 e. The van der Waals surface area contributed by atoms with Gasteiger partial charge in [0, 0.05) is 24.3 Å². The van der Waals surface area contributed by atoms with Gasteiger partial charge in [-0.05, 0) is 32.5 Å². The third-order valence-electron chi connectivity index (χ3n) is 4.04. The summed E-state index contributed by atoms with van der Waals surface area (Å²) in [5, 5.41) is 9.63. The zero-order valence-corrected chi connectivity index (χ0v) is 13.9. The Bertz CT molecular complexity index is 717. The molecule has 0 aliphatic carbocycles. The number of rotatable bonds is 4. The zero-order valence-electron chi connectivity index (χ0n) is 13.9. The maximum Gasteiger partial charge on any atom is 0.319 e. The van der Waals surface area contributed by atoms with Gasteiger partial charge in [-0.15, -0.1) is 0 Å². The summed E-state index contributed by atoms with van der Waals surface area (Å²) in [4.78, 5) is 18.6. The van der Waals surface area contributed by atoms with Crippen LogP contribution >= 0.6 is 0 Å². The van der Waals surface area contributed by atoms with Crippen LogP contribution in [0.15, 0.2) is 28.8 Å². The molecule has 0 spiro atoms. The van der Waals surface area contributed by atoms with E-state index in [9.17, 15) is 4.79 Å². The number of hydrogen-bond acceptors (Lipinski definition) is 6. The summed E-state index contributed by atoms with van der Waals surface area (Å²) in [6, 6.07) is 7.02. The van der Waals surface area contributed by atoms with E-state index in [1.165, 1.54) is 0 Å². The van der Waals surface area contributed by atoms with Crippen molar-refractivity contribution in [2.45, 2.75) is 25.4 Å². The number of likely N-dealkylation sites (N-methyl/N-ethyl adjacent to an activating group) is 1. The summed E-state index contributed by atoms with van der Waals surface area (Å²) in [5.74, 6) is 1.90. The maximum atomic E-state index is 12.2. The van der Waals surface area contributed by atoms with Crippen LogP contribution in [0.4, 0.5) is 10.5 Å². The lowest BCUT2D eigenvalue weighted by molar-refractivity contribution is 0.243. The lowest BCUT2D eigenvalue weighted by atomic mass is 10.1. The van der Waals surface area contributed by atoms with Crippen LogP contribution in [-0.2, 0) is 0 Å². The first-order valence-corrected chi connectivity index (χ1v) is 7.77. The molecule has 24 heavy (non-hydrogen) atoms. The molecule has 1 fully saturated rings. The molecule has 2 atom stereocenters. The van der Waals surface area contributed by atoms with Gasteiger partial charge in [0.25, 0.3) is 0 Å². The third-order valence-corrected chi connectivity index (χ3v) is 4.04. The number of nitrogens with zero attached hydrogens (tertiary/aromatic N) is 3. The van der Waals surface area contributed by atoms with Crippen molar-refractivity contribution in [3.63, 3.8) is 0 Å². The van der Waals surface area contributed by atoms with Crippen molar-refractivity contribution in [3.05, 3.63) is 36.0 Å². The highest BCUT2D eigenvalue weighted by Crippen LogP contribution is 2.29. The fourth-order valence-electron chi connectivity index (χ4n) is 2.89. The van der Waals surface area contributed by atoms with Gasteiger partial charge in [-0.25, -0.2) is 4.79 Å². The fraction of sp³-hybridized carbons (Fsp3) is 0.438. The number of benzene rings is 1. The van der Waals surface area contributed by atoms with Gasteiger partial charge in [0.05, 0.1) is 13.2 Å². The average Bonchev–Trinajstić information content (AvgIpc) is 3.13. The van der Waals surface area contributed by atoms with Crippen molar-refractivity contribution in [3.8, 4) is 5.75 Å². The summed E-state index contributed by atoms with van der Waals surface area (Å²) in [6.45, 7) is 2.51. The zero-order chi connectivity index (χ0) is 17.1. The monoisotopic (exact) mass is 331 g/mol. The molecule has 2 N–H and O–H groups in total. The molecule has 2 aromatic rings. The molecule has 3 rings (SSSR count). The molecule has 1 saturated heterocycles. The van der Waals surface area contributed by atoms with Crippen molar-refractivity contribution in [1.29, 1.82) is 0 Å². The third kappa shape index (κ3) is 3.65. The van der Waals surface area contributed by atoms with Crippen molar-refractivity contribution < 1.29 is 14.1 Å². The Hall–Kier alpha value is -2.61. The highest BCUT2D eigenvalue weighted by atomic mass is 16.5. The molecule has 1 aromatic heterocycles. The summed E-state index contributed by atoms with van der Waals surface area (Å²) < 4.78 is 10.4. The van der Waals surface area contributed by atoms with E-state index in [-0.39, 0.29) is 18.1 Å². The van der Waals surface area contributed by atoms with Crippen LogP contribution in [0.3, 0.4) is 0 Å². The molecule has 0 radical (unpaired) electrons. The van der Waals surface area contributed by atoms with E-state index in [2.05, 4.69) is 25.7 Å². The molecule has 0 bridgehead atoms. The molecule has 8 nitrogen and oxygen atoms in total. The first-order valence-electron chi connectivity index (χ1n) is 7.77. The second-order valence-corrected chi connectivity index (χ2v) is 5.90. The Kier molecular flexibility index (Phi) is 4.66. The van der Waals surface area contributed by atoms with Crippen LogP contribution < -0.4 is 15.4 Å². The lowest BCUT2D eigenvalue weighted by Crippen LogP contribution is -2.39. The standard InChI is InChI=1S/C16H21N5O3/c1-10-17-15(24-20-10)14-8-12(9-21(14)2)19-16(22)18-11-5-4-6-13(7-11)23-3/h4-7,12,14H,8-9H2,1-3H3,(H2,18,19,22)/t12-,14-/m0/s1. The van der Waals surface area contributed by atoms with Crippen molar-refractivity contribution in [2.24, 2.45) is 0 Å². The lowest BCUT2D eigenvalue weighted by Gasteiger charge is -2.14. The highest BCUT2D eigenvalue weighted by Gasteiger charge is 2.34. The Morgan fingerprint density at radius 2 is 2.29 bits per heavy atom. The predicted molar refractivity (Wildman–Crippen MR) is 88.0 cm³/mol. The summed E-state index contributed by atoms with van der Waals surface area (Å²) in [5.41, 5.74) is 0.683.